The number of benzene rings is 1. The Morgan fingerprint density at radius 3 is 2.78 bits per heavy atom. The summed E-state index contributed by atoms with van der Waals surface area (Å²) in [6, 6.07) is 6.98. The van der Waals surface area contributed by atoms with Gasteiger partial charge in [-0.1, -0.05) is 31.5 Å². The number of nitrogens with zero attached hydrogens (tertiary/aromatic N) is 3. The topological polar surface area (TPSA) is 59.4 Å². The molecule has 5 nitrogen and oxygen atoms in total. The summed E-state index contributed by atoms with van der Waals surface area (Å²) in [7, 11) is 0. The molecule has 1 amide bonds. The number of hydrazine groups is 1. The number of nitrogens with one attached hydrogen (secondary N) is 1. The largest absolute Gasteiger partial charge is 0.374 e. The fraction of sp³-hybridized carbons (Fsp3) is 0.529. The number of anilines is 1. The Labute approximate surface area is 142 Å². The van der Waals surface area contributed by atoms with Crippen LogP contribution in [0.5, 0.6) is 0 Å². The van der Waals surface area contributed by atoms with E-state index in [2.05, 4.69) is 25.4 Å². The van der Waals surface area contributed by atoms with E-state index in [9.17, 15) is 10.1 Å². The van der Waals surface area contributed by atoms with Crippen LogP contribution in [-0.4, -0.2) is 35.1 Å². The molecular weight excluding hydrogens is 312 g/mol. The predicted molar refractivity (Wildman–Crippen MR) is 91.6 cm³/mol. The van der Waals surface area contributed by atoms with Crippen LogP contribution in [0.25, 0.3) is 0 Å². The highest BCUT2D eigenvalue weighted by atomic mass is 35.5. The molecule has 124 valence electrons. The van der Waals surface area contributed by atoms with Gasteiger partial charge in [-0.05, 0) is 43.4 Å². The van der Waals surface area contributed by atoms with Crippen molar-refractivity contribution in [2.24, 2.45) is 5.92 Å². The Bertz CT molecular complexity index is 584. The van der Waals surface area contributed by atoms with Gasteiger partial charge in [0.2, 0.25) is 0 Å². The summed E-state index contributed by atoms with van der Waals surface area (Å²) in [4.78, 5) is 12.9. The van der Waals surface area contributed by atoms with Gasteiger partial charge < -0.3 is 5.32 Å². The van der Waals surface area contributed by atoms with E-state index in [4.69, 9.17) is 11.6 Å². The smallest absolute Gasteiger partial charge is 0.264 e. The highest BCUT2D eigenvalue weighted by molar-refractivity contribution is 6.30. The van der Waals surface area contributed by atoms with E-state index in [0.29, 0.717) is 30.5 Å². The number of nitriles is 1. The average Bonchev–Trinajstić information content (AvgIpc) is 2.53. The van der Waals surface area contributed by atoms with E-state index in [0.717, 1.165) is 18.5 Å². The third kappa shape index (κ3) is 4.77. The van der Waals surface area contributed by atoms with Crippen molar-refractivity contribution in [3.63, 3.8) is 0 Å². The molecule has 0 aromatic heterocycles. The Hall–Kier alpha value is -1.93. The Morgan fingerprint density at radius 1 is 1.39 bits per heavy atom. The highest BCUT2D eigenvalue weighted by Crippen LogP contribution is 2.20. The first kappa shape index (κ1) is 17.4. The molecule has 1 aliphatic heterocycles. The first-order valence-electron chi connectivity index (χ1n) is 8.02. The molecule has 1 fully saturated rings. The summed E-state index contributed by atoms with van der Waals surface area (Å²) in [5.41, 5.74) is 0.817. The van der Waals surface area contributed by atoms with E-state index in [-0.39, 0.29) is 11.9 Å². The van der Waals surface area contributed by atoms with Crippen molar-refractivity contribution in [3.8, 4) is 6.19 Å². The van der Waals surface area contributed by atoms with Gasteiger partial charge in [-0.2, -0.15) is 5.26 Å². The van der Waals surface area contributed by atoms with Crippen LogP contribution in [0, 0.1) is 17.4 Å². The lowest BCUT2D eigenvalue weighted by molar-refractivity contribution is -0.147. The normalized spacial score (nSPS) is 16.1. The van der Waals surface area contributed by atoms with Crippen LogP contribution in [0.3, 0.4) is 0 Å². The van der Waals surface area contributed by atoms with Crippen LogP contribution in [0.1, 0.15) is 33.1 Å². The lowest BCUT2D eigenvalue weighted by Crippen LogP contribution is -2.53. The standard InChI is InChI=1S/C17H23ClN4O/c1-13(2)10-16(20-15-7-5-6-14(18)11-15)17(23)22-9-4-3-8-21(22)12-19/h5-7,11,13,16,20H,3-4,8-10H2,1-2H3. The molecule has 0 bridgehead atoms. The fourth-order valence-electron chi connectivity index (χ4n) is 2.75. The lowest BCUT2D eigenvalue weighted by atomic mass is 10.0. The first-order chi connectivity index (χ1) is 11.0. The van der Waals surface area contributed by atoms with Gasteiger partial charge in [0.15, 0.2) is 6.19 Å². The van der Waals surface area contributed by atoms with E-state index in [1.165, 1.54) is 5.01 Å². The Morgan fingerprint density at radius 2 is 2.13 bits per heavy atom. The molecule has 23 heavy (non-hydrogen) atoms. The molecule has 2 rings (SSSR count). The van der Waals surface area contributed by atoms with Crippen LogP contribution in [-0.2, 0) is 4.79 Å². The summed E-state index contributed by atoms with van der Waals surface area (Å²) in [5.74, 6) is 0.302. The van der Waals surface area contributed by atoms with Crippen LogP contribution in [0.15, 0.2) is 24.3 Å². The van der Waals surface area contributed by atoms with Gasteiger partial charge in [0, 0.05) is 17.3 Å². The van der Waals surface area contributed by atoms with Crippen molar-refractivity contribution < 1.29 is 4.79 Å². The molecule has 1 unspecified atom stereocenters. The molecule has 1 saturated heterocycles. The van der Waals surface area contributed by atoms with Gasteiger partial charge >= 0.3 is 0 Å². The summed E-state index contributed by atoms with van der Waals surface area (Å²) >= 11 is 6.02. The number of hydrogen-bond donors (Lipinski definition) is 1. The zero-order valence-corrected chi connectivity index (χ0v) is 14.4. The Kier molecular flexibility index (Phi) is 6.12. The van der Waals surface area contributed by atoms with Gasteiger partial charge in [0.1, 0.15) is 6.04 Å². The van der Waals surface area contributed by atoms with E-state index in [1.807, 2.05) is 12.1 Å². The number of carbonyl (C=O) groups excluding carboxylic acids is 1. The van der Waals surface area contributed by atoms with Crippen LogP contribution in [0.4, 0.5) is 5.69 Å². The molecular formula is C17H23ClN4O. The number of rotatable bonds is 5. The quantitative estimate of drug-likeness (QED) is 0.837. The monoisotopic (exact) mass is 334 g/mol. The van der Waals surface area contributed by atoms with Crippen LogP contribution >= 0.6 is 11.6 Å². The molecule has 1 atom stereocenters. The van der Waals surface area contributed by atoms with Crippen molar-refractivity contribution in [1.29, 1.82) is 5.26 Å². The van der Waals surface area contributed by atoms with Gasteiger partial charge in [-0.3, -0.25) is 4.79 Å². The van der Waals surface area contributed by atoms with Crippen molar-refractivity contribution in [3.05, 3.63) is 29.3 Å². The zero-order chi connectivity index (χ0) is 16.8. The maximum absolute atomic E-state index is 12.9. The third-order valence-electron chi connectivity index (χ3n) is 3.82. The minimum absolute atomic E-state index is 0.0556. The van der Waals surface area contributed by atoms with E-state index in [1.54, 1.807) is 17.1 Å². The molecule has 1 heterocycles. The van der Waals surface area contributed by atoms with Crippen molar-refractivity contribution in [2.45, 2.75) is 39.2 Å². The maximum atomic E-state index is 12.9. The fourth-order valence-corrected chi connectivity index (χ4v) is 2.94. The number of halogens is 1. The molecule has 0 spiro atoms. The predicted octanol–water partition coefficient (Wildman–Crippen LogP) is 3.49. The van der Waals surface area contributed by atoms with Crippen molar-refractivity contribution in [1.82, 2.24) is 10.0 Å². The van der Waals surface area contributed by atoms with Crippen molar-refractivity contribution >= 4 is 23.2 Å². The molecule has 1 aliphatic rings. The maximum Gasteiger partial charge on any atom is 0.264 e. The molecule has 0 radical (unpaired) electrons. The number of hydrogen-bond acceptors (Lipinski definition) is 4. The second-order valence-corrected chi connectivity index (χ2v) is 6.66. The molecule has 1 aromatic rings. The van der Waals surface area contributed by atoms with Crippen LogP contribution < -0.4 is 5.32 Å². The summed E-state index contributed by atoms with van der Waals surface area (Å²) < 4.78 is 0. The van der Waals surface area contributed by atoms with Gasteiger partial charge in [-0.15, -0.1) is 0 Å². The second kappa shape index (κ2) is 8.07. The average molecular weight is 335 g/mol. The highest BCUT2D eigenvalue weighted by Gasteiger charge is 2.30. The SMILES string of the molecule is CC(C)CC(Nc1cccc(Cl)c1)C(=O)N1CCCCN1C#N. The molecule has 6 heteroatoms. The van der Waals surface area contributed by atoms with Gasteiger partial charge in [0.25, 0.3) is 5.91 Å². The summed E-state index contributed by atoms with van der Waals surface area (Å²) in [6.07, 6.45) is 4.67. The number of amides is 1. The molecule has 1 N–H and O–H groups in total. The van der Waals surface area contributed by atoms with Crippen molar-refractivity contribution in [2.75, 3.05) is 18.4 Å². The molecule has 0 saturated carbocycles. The molecule has 0 aliphatic carbocycles. The molecule has 1 aromatic carbocycles. The lowest BCUT2D eigenvalue weighted by Gasteiger charge is -2.37. The Balaban J connectivity index is 2.16. The number of carbonyl (C=O) groups is 1. The summed E-state index contributed by atoms with van der Waals surface area (Å²) in [5, 5.41) is 16.2. The van der Waals surface area contributed by atoms with Gasteiger partial charge in [0.05, 0.1) is 6.54 Å². The minimum atomic E-state index is -0.373. The third-order valence-corrected chi connectivity index (χ3v) is 4.06. The second-order valence-electron chi connectivity index (χ2n) is 6.23. The zero-order valence-electron chi connectivity index (χ0n) is 13.6. The van der Waals surface area contributed by atoms with Crippen LogP contribution in [0.2, 0.25) is 5.02 Å². The summed E-state index contributed by atoms with van der Waals surface area (Å²) in [6.45, 7) is 5.36. The van der Waals surface area contributed by atoms with E-state index < -0.39 is 0 Å². The minimum Gasteiger partial charge on any atom is -0.374 e. The first-order valence-corrected chi connectivity index (χ1v) is 8.39. The van der Waals surface area contributed by atoms with Gasteiger partial charge in [-0.25, -0.2) is 10.0 Å². The van der Waals surface area contributed by atoms with E-state index >= 15 is 0 Å².